The quantitative estimate of drug-likeness (QED) is 0.463. The Kier molecular flexibility index (Phi) is 6.58. The number of anilines is 1. The van der Waals surface area contributed by atoms with E-state index in [1.54, 1.807) is 6.92 Å². The van der Waals surface area contributed by atoms with Gasteiger partial charge in [0, 0.05) is 0 Å². The summed E-state index contributed by atoms with van der Waals surface area (Å²) in [4.78, 5) is 24.6. The first-order chi connectivity index (χ1) is 15.1. The lowest BCUT2D eigenvalue weighted by molar-refractivity contribution is -0.114. The molecule has 1 amide bonds. The number of hydrazone groups is 1. The topological polar surface area (TPSA) is 88.4 Å². The summed E-state index contributed by atoms with van der Waals surface area (Å²) in [5, 5.41) is 14.0. The molecule has 32 heavy (non-hydrogen) atoms. The minimum absolute atomic E-state index is 0.00794. The number of amides is 1. The van der Waals surface area contributed by atoms with Crippen LogP contribution in [-0.2, 0) is 9.53 Å². The number of carbonyl (C=O) groups excluding carboxylic acids is 2. The third-order valence-corrected chi connectivity index (χ3v) is 4.96. The van der Waals surface area contributed by atoms with Crippen molar-refractivity contribution in [1.29, 1.82) is 0 Å². The number of aromatic hydroxyl groups is 1. The molecule has 0 fully saturated rings. The van der Waals surface area contributed by atoms with Crippen LogP contribution in [0, 0.1) is 0 Å². The van der Waals surface area contributed by atoms with Gasteiger partial charge in [0.2, 0.25) is 0 Å². The van der Waals surface area contributed by atoms with E-state index in [2.05, 4.69) is 21.0 Å². The number of carbonyl (C=O) groups is 2. The lowest BCUT2D eigenvalue weighted by Gasteiger charge is -2.12. The fourth-order valence-corrected chi connectivity index (χ4v) is 3.34. The second kappa shape index (κ2) is 9.03. The number of hydrogen-bond acceptors (Lipinski definition) is 6. The average Bonchev–Trinajstić information content (AvgIpc) is 3.07. The summed E-state index contributed by atoms with van der Waals surface area (Å²) in [6.45, 7) is 1.80. The van der Waals surface area contributed by atoms with Crippen LogP contribution in [0.4, 0.5) is 18.9 Å². The van der Waals surface area contributed by atoms with E-state index < -0.39 is 29.3 Å². The Hall–Kier alpha value is -3.34. The van der Waals surface area contributed by atoms with Gasteiger partial charge in [0.25, 0.3) is 5.91 Å². The Balaban J connectivity index is 2.02. The van der Waals surface area contributed by atoms with Crippen LogP contribution in [0.1, 0.15) is 22.8 Å². The molecule has 1 N–H and O–H groups in total. The van der Waals surface area contributed by atoms with E-state index in [4.69, 9.17) is 9.47 Å². The van der Waals surface area contributed by atoms with Crippen molar-refractivity contribution in [3.05, 3.63) is 57.6 Å². The first-order valence-electron chi connectivity index (χ1n) is 9.12. The number of esters is 1. The number of nitrogens with zero attached hydrogens (tertiary/aromatic N) is 2. The SMILES string of the molecule is CCOC(=O)c1ccc(N2N=C(C(F)(F)F)C(=Cc3cc(Br)c(O)c(OC)c3)C2=O)cc1. The molecule has 1 heterocycles. The largest absolute Gasteiger partial charge is 0.503 e. The summed E-state index contributed by atoms with van der Waals surface area (Å²) in [5.74, 6) is -1.84. The van der Waals surface area contributed by atoms with Gasteiger partial charge in [-0.15, -0.1) is 0 Å². The van der Waals surface area contributed by atoms with E-state index >= 15 is 0 Å². The normalized spacial score (nSPS) is 15.2. The number of benzene rings is 2. The van der Waals surface area contributed by atoms with Crippen molar-refractivity contribution >= 4 is 45.3 Å². The summed E-state index contributed by atoms with van der Waals surface area (Å²) in [6.07, 6.45) is -3.90. The fourth-order valence-electron chi connectivity index (χ4n) is 2.88. The summed E-state index contributed by atoms with van der Waals surface area (Å²) < 4.78 is 50.9. The number of alkyl halides is 3. The van der Waals surface area contributed by atoms with E-state index in [1.165, 1.54) is 43.5 Å². The van der Waals surface area contributed by atoms with Crippen molar-refractivity contribution in [2.24, 2.45) is 5.10 Å². The van der Waals surface area contributed by atoms with Crippen LogP contribution in [0.2, 0.25) is 0 Å². The van der Waals surface area contributed by atoms with E-state index in [-0.39, 0.29) is 39.4 Å². The van der Waals surface area contributed by atoms with E-state index in [9.17, 15) is 27.9 Å². The summed E-state index contributed by atoms with van der Waals surface area (Å²) in [7, 11) is 1.28. The van der Waals surface area contributed by atoms with Gasteiger partial charge < -0.3 is 14.6 Å². The van der Waals surface area contributed by atoms with Gasteiger partial charge in [-0.25, -0.2) is 4.79 Å². The first-order valence-corrected chi connectivity index (χ1v) is 9.92. The van der Waals surface area contributed by atoms with Crippen LogP contribution >= 0.6 is 15.9 Å². The molecule has 11 heteroatoms. The van der Waals surface area contributed by atoms with Crippen molar-refractivity contribution in [3.63, 3.8) is 0 Å². The molecule has 0 saturated heterocycles. The van der Waals surface area contributed by atoms with Gasteiger partial charge in [-0.3, -0.25) is 4.79 Å². The second-order valence-corrected chi connectivity index (χ2v) is 7.30. The Bertz CT molecular complexity index is 1130. The fraction of sp³-hybridized carbons (Fsp3) is 0.190. The highest BCUT2D eigenvalue weighted by molar-refractivity contribution is 9.10. The molecule has 1 aliphatic heterocycles. The molecule has 2 aromatic carbocycles. The summed E-state index contributed by atoms with van der Waals surface area (Å²) >= 11 is 3.09. The van der Waals surface area contributed by atoms with Gasteiger partial charge in [-0.2, -0.15) is 23.3 Å². The maximum atomic E-state index is 13.6. The Labute approximate surface area is 188 Å². The van der Waals surface area contributed by atoms with Gasteiger partial charge in [0.15, 0.2) is 17.2 Å². The number of halogens is 4. The van der Waals surface area contributed by atoms with Crippen LogP contribution in [0.5, 0.6) is 11.5 Å². The third-order valence-electron chi connectivity index (χ3n) is 4.35. The smallest absolute Gasteiger partial charge is 0.435 e. The number of phenols is 1. The molecule has 0 saturated carbocycles. The van der Waals surface area contributed by atoms with Crippen LogP contribution in [-0.4, -0.2) is 42.6 Å². The predicted octanol–water partition coefficient (Wildman–Crippen LogP) is 4.69. The summed E-state index contributed by atoms with van der Waals surface area (Å²) in [5.41, 5.74) is -1.67. The molecule has 0 unspecified atom stereocenters. The van der Waals surface area contributed by atoms with Crippen LogP contribution in [0.25, 0.3) is 6.08 Å². The van der Waals surface area contributed by atoms with Crippen molar-refractivity contribution in [2.75, 3.05) is 18.7 Å². The number of ether oxygens (including phenoxy) is 2. The van der Waals surface area contributed by atoms with Crippen molar-refractivity contribution in [2.45, 2.75) is 13.1 Å². The van der Waals surface area contributed by atoms with Crippen LogP contribution < -0.4 is 9.75 Å². The highest BCUT2D eigenvalue weighted by Crippen LogP contribution is 2.37. The Morgan fingerprint density at radius 2 is 1.91 bits per heavy atom. The molecular formula is C21H16BrF3N2O5. The van der Waals surface area contributed by atoms with E-state index in [0.29, 0.717) is 5.01 Å². The van der Waals surface area contributed by atoms with Gasteiger partial charge in [0.1, 0.15) is 0 Å². The second-order valence-electron chi connectivity index (χ2n) is 6.44. The molecule has 7 nitrogen and oxygen atoms in total. The molecular weight excluding hydrogens is 497 g/mol. The zero-order chi connectivity index (χ0) is 23.6. The number of methoxy groups -OCH3 is 1. The minimum atomic E-state index is -4.90. The monoisotopic (exact) mass is 512 g/mol. The van der Waals surface area contributed by atoms with Crippen molar-refractivity contribution in [1.82, 2.24) is 0 Å². The minimum Gasteiger partial charge on any atom is -0.503 e. The van der Waals surface area contributed by atoms with Crippen molar-refractivity contribution in [3.8, 4) is 11.5 Å². The number of phenolic OH excluding ortho intramolecular Hbond substituents is 1. The number of rotatable bonds is 5. The average molecular weight is 513 g/mol. The van der Waals surface area contributed by atoms with Crippen LogP contribution in [0.15, 0.2) is 51.5 Å². The highest BCUT2D eigenvalue weighted by atomic mass is 79.9. The predicted molar refractivity (Wildman–Crippen MR) is 114 cm³/mol. The molecule has 0 bridgehead atoms. The van der Waals surface area contributed by atoms with Crippen molar-refractivity contribution < 1.29 is 37.3 Å². The van der Waals surface area contributed by atoms with Gasteiger partial charge in [-0.05, 0) is 70.9 Å². The number of hydrogen-bond donors (Lipinski definition) is 1. The van der Waals surface area contributed by atoms with Gasteiger partial charge in [-0.1, -0.05) is 0 Å². The third kappa shape index (κ3) is 4.62. The molecule has 1 aliphatic rings. The summed E-state index contributed by atoms with van der Waals surface area (Å²) in [6, 6.07) is 7.86. The lowest BCUT2D eigenvalue weighted by Crippen LogP contribution is -2.25. The molecule has 0 aromatic heterocycles. The maximum absolute atomic E-state index is 13.6. The standard InChI is InChI=1S/C21H16BrF3N2O5/c1-3-32-20(30)12-4-6-13(7-5-12)27-19(29)14(18(26-27)21(23,24)25)8-11-9-15(22)17(28)16(10-11)31-2/h4-10,28H,3H2,1-2H3. The highest BCUT2D eigenvalue weighted by Gasteiger charge is 2.46. The van der Waals surface area contributed by atoms with Crippen LogP contribution in [0.3, 0.4) is 0 Å². The first kappa shape index (κ1) is 23.3. The Morgan fingerprint density at radius 3 is 2.47 bits per heavy atom. The Morgan fingerprint density at radius 1 is 1.25 bits per heavy atom. The van der Waals surface area contributed by atoms with Gasteiger partial charge in [0.05, 0.1) is 35.0 Å². The molecule has 2 aromatic rings. The lowest BCUT2D eigenvalue weighted by atomic mass is 10.1. The van der Waals surface area contributed by atoms with Gasteiger partial charge >= 0.3 is 12.1 Å². The molecule has 3 rings (SSSR count). The molecule has 0 aliphatic carbocycles. The molecule has 168 valence electrons. The van der Waals surface area contributed by atoms with E-state index in [1.807, 2.05) is 0 Å². The molecule has 0 atom stereocenters. The molecule has 0 radical (unpaired) electrons. The zero-order valence-corrected chi connectivity index (χ0v) is 18.3. The van der Waals surface area contributed by atoms with E-state index in [0.717, 1.165) is 6.08 Å². The molecule has 0 spiro atoms. The maximum Gasteiger partial charge on any atom is 0.435 e. The zero-order valence-electron chi connectivity index (χ0n) is 16.7.